The van der Waals surface area contributed by atoms with Crippen molar-refractivity contribution in [3.05, 3.63) is 34.6 Å². The highest BCUT2D eigenvalue weighted by Crippen LogP contribution is 2.31. The molecule has 0 aliphatic carbocycles. The summed E-state index contributed by atoms with van der Waals surface area (Å²) in [7, 11) is 0. The smallest absolute Gasteiger partial charge is 0.337 e. The number of nitrogens with zero attached hydrogens (tertiary/aromatic N) is 5. The van der Waals surface area contributed by atoms with Gasteiger partial charge in [0, 0.05) is 24.9 Å². The van der Waals surface area contributed by atoms with Crippen molar-refractivity contribution < 1.29 is 14.4 Å². The minimum absolute atomic E-state index is 0.0623. The van der Waals surface area contributed by atoms with Crippen LogP contribution in [0.3, 0.4) is 0 Å². The SMILES string of the molecule is Cc1nc(N2CCC(c3nc(C(C)C)no3)CC2)c(C#N)cc1C(=O)O. The number of nitriles is 1. The van der Waals surface area contributed by atoms with Crippen molar-refractivity contribution in [2.45, 2.75) is 45.4 Å². The lowest BCUT2D eigenvalue weighted by atomic mass is 9.96. The molecule has 26 heavy (non-hydrogen) atoms. The Morgan fingerprint density at radius 2 is 2.08 bits per heavy atom. The van der Waals surface area contributed by atoms with E-state index in [0.29, 0.717) is 30.5 Å². The first-order valence-electron chi connectivity index (χ1n) is 8.64. The van der Waals surface area contributed by atoms with E-state index in [-0.39, 0.29) is 23.0 Å². The summed E-state index contributed by atoms with van der Waals surface area (Å²) in [6.45, 7) is 7.08. The van der Waals surface area contributed by atoms with E-state index in [1.165, 1.54) is 6.07 Å². The minimum atomic E-state index is -1.07. The number of pyridine rings is 1. The highest BCUT2D eigenvalue weighted by Gasteiger charge is 2.28. The molecule has 136 valence electrons. The first-order chi connectivity index (χ1) is 12.4. The van der Waals surface area contributed by atoms with Gasteiger partial charge in [-0.1, -0.05) is 19.0 Å². The van der Waals surface area contributed by atoms with Gasteiger partial charge in [0.25, 0.3) is 0 Å². The van der Waals surface area contributed by atoms with E-state index in [0.717, 1.165) is 18.7 Å². The number of piperidine rings is 1. The van der Waals surface area contributed by atoms with Gasteiger partial charge in [-0.2, -0.15) is 10.2 Å². The lowest BCUT2D eigenvalue weighted by Crippen LogP contribution is -2.34. The van der Waals surface area contributed by atoms with Crippen molar-refractivity contribution in [3.8, 4) is 6.07 Å². The van der Waals surface area contributed by atoms with Crippen LogP contribution in [-0.2, 0) is 0 Å². The highest BCUT2D eigenvalue weighted by molar-refractivity contribution is 5.89. The Morgan fingerprint density at radius 3 is 2.62 bits per heavy atom. The largest absolute Gasteiger partial charge is 0.478 e. The van der Waals surface area contributed by atoms with Gasteiger partial charge in [0.2, 0.25) is 5.89 Å². The lowest BCUT2D eigenvalue weighted by molar-refractivity contribution is 0.0695. The normalized spacial score (nSPS) is 15.3. The molecule has 8 heteroatoms. The van der Waals surface area contributed by atoms with Crippen molar-refractivity contribution in [2.75, 3.05) is 18.0 Å². The number of hydrogen-bond acceptors (Lipinski definition) is 7. The molecule has 1 aliphatic rings. The molecule has 1 N–H and O–H groups in total. The van der Waals surface area contributed by atoms with Gasteiger partial charge in [0.1, 0.15) is 11.9 Å². The predicted octanol–water partition coefficient (Wildman–Crippen LogP) is 2.85. The Kier molecular flexibility index (Phi) is 4.89. The Bertz CT molecular complexity index is 860. The van der Waals surface area contributed by atoms with Gasteiger partial charge in [0.15, 0.2) is 5.82 Å². The van der Waals surface area contributed by atoms with Gasteiger partial charge in [-0.05, 0) is 25.8 Å². The first kappa shape index (κ1) is 17.9. The Labute approximate surface area is 151 Å². The number of aryl methyl sites for hydroxylation is 1. The molecule has 2 aromatic rings. The highest BCUT2D eigenvalue weighted by atomic mass is 16.5. The summed E-state index contributed by atoms with van der Waals surface area (Å²) in [5.41, 5.74) is 0.755. The number of rotatable bonds is 4. The fourth-order valence-corrected chi connectivity index (χ4v) is 3.12. The predicted molar refractivity (Wildman–Crippen MR) is 93.2 cm³/mol. The standard InChI is InChI=1S/C18H21N5O3/c1-10(2)15-21-17(26-22-15)12-4-6-23(7-5-12)16-13(9-19)8-14(18(24)25)11(3)20-16/h8,10,12H,4-7H2,1-3H3,(H,24,25). The summed E-state index contributed by atoms with van der Waals surface area (Å²) < 4.78 is 5.40. The molecular formula is C18H21N5O3. The quantitative estimate of drug-likeness (QED) is 0.890. The van der Waals surface area contributed by atoms with Crippen LogP contribution >= 0.6 is 0 Å². The number of hydrogen-bond donors (Lipinski definition) is 1. The maximum atomic E-state index is 11.2. The minimum Gasteiger partial charge on any atom is -0.478 e. The van der Waals surface area contributed by atoms with Crippen LogP contribution in [0, 0.1) is 18.3 Å². The molecule has 0 unspecified atom stereocenters. The van der Waals surface area contributed by atoms with E-state index in [2.05, 4.69) is 21.2 Å². The zero-order valence-electron chi connectivity index (χ0n) is 15.1. The van der Waals surface area contributed by atoms with E-state index in [1.54, 1.807) is 6.92 Å². The van der Waals surface area contributed by atoms with Crippen LogP contribution in [0.2, 0.25) is 0 Å². The van der Waals surface area contributed by atoms with Crippen LogP contribution < -0.4 is 4.90 Å². The van der Waals surface area contributed by atoms with E-state index >= 15 is 0 Å². The zero-order valence-corrected chi connectivity index (χ0v) is 15.1. The van der Waals surface area contributed by atoms with Gasteiger partial charge in [-0.25, -0.2) is 9.78 Å². The molecule has 2 aromatic heterocycles. The van der Waals surface area contributed by atoms with E-state index < -0.39 is 5.97 Å². The second-order valence-corrected chi connectivity index (χ2v) is 6.82. The zero-order chi connectivity index (χ0) is 18.8. The van der Waals surface area contributed by atoms with Crippen LogP contribution in [0.5, 0.6) is 0 Å². The molecule has 0 amide bonds. The maximum Gasteiger partial charge on any atom is 0.337 e. The van der Waals surface area contributed by atoms with Crippen LogP contribution in [0.1, 0.15) is 71.9 Å². The fourth-order valence-electron chi connectivity index (χ4n) is 3.12. The van der Waals surface area contributed by atoms with Gasteiger partial charge in [0.05, 0.1) is 16.8 Å². The topological polar surface area (TPSA) is 116 Å². The molecule has 1 saturated heterocycles. The number of carboxylic acid groups (broad SMARTS) is 1. The number of aromatic carboxylic acids is 1. The van der Waals surface area contributed by atoms with E-state index in [1.807, 2.05) is 18.7 Å². The van der Waals surface area contributed by atoms with Crippen molar-refractivity contribution in [2.24, 2.45) is 0 Å². The van der Waals surface area contributed by atoms with Crippen molar-refractivity contribution in [1.29, 1.82) is 5.26 Å². The molecule has 0 atom stereocenters. The van der Waals surface area contributed by atoms with Crippen molar-refractivity contribution in [3.63, 3.8) is 0 Å². The summed E-state index contributed by atoms with van der Waals surface area (Å²) in [6.07, 6.45) is 1.62. The summed E-state index contributed by atoms with van der Waals surface area (Å²) >= 11 is 0. The first-order valence-corrected chi connectivity index (χ1v) is 8.64. The second-order valence-electron chi connectivity index (χ2n) is 6.82. The lowest BCUT2D eigenvalue weighted by Gasteiger charge is -2.32. The Morgan fingerprint density at radius 1 is 1.38 bits per heavy atom. The Hall–Kier alpha value is -2.95. The number of carboxylic acids is 1. The third-order valence-corrected chi connectivity index (χ3v) is 4.66. The number of anilines is 1. The molecule has 1 fully saturated rings. The van der Waals surface area contributed by atoms with Crippen LogP contribution in [0.15, 0.2) is 10.6 Å². The fraction of sp³-hybridized carbons (Fsp3) is 0.500. The van der Waals surface area contributed by atoms with E-state index in [4.69, 9.17) is 4.52 Å². The molecule has 1 aliphatic heterocycles. The van der Waals surface area contributed by atoms with Gasteiger partial charge < -0.3 is 14.5 Å². The molecule has 3 heterocycles. The molecule has 0 saturated carbocycles. The van der Waals surface area contributed by atoms with E-state index in [9.17, 15) is 15.2 Å². The number of aromatic nitrogens is 3. The van der Waals surface area contributed by atoms with Gasteiger partial charge in [-0.3, -0.25) is 0 Å². The van der Waals surface area contributed by atoms with Crippen molar-refractivity contribution >= 4 is 11.8 Å². The summed E-state index contributed by atoms with van der Waals surface area (Å²) in [6, 6.07) is 3.47. The summed E-state index contributed by atoms with van der Waals surface area (Å²) in [4.78, 5) is 22.1. The monoisotopic (exact) mass is 355 g/mol. The van der Waals surface area contributed by atoms with Crippen LogP contribution in [0.4, 0.5) is 5.82 Å². The van der Waals surface area contributed by atoms with Crippen LogP contribution in [0.25, 0.3) is 0 Å². The average Bonchev–Trinajstić information content (AvgIpc) is 3.12. The summed E-state index contributed by atoms with van der Waals surface area (Å²) in [5.74, 6) is 1.27. The Balaban J connectivity index is 1.76. The third kappa shape index (κ3) is 3.38. The van der Waals surface area contributed by atoms with Crippen LogP contribution in [-0.4, -0.2) is 39.3 Å². The molecular weight excluding hydrogens is 334 g/mol. The van der Waals surface area contributed by atoms with Gasteiger partial charge in [-0.15, -0.1) is 0 Å². The molecule has 0 aromatic carbocycles. The molecule has 3 rings (SSSR count). The average molecular weight is 355 g/mol. The maximum absolute atomic E-state index is 11.2. The number of carbonyl (C=O) groups is 1. The molecule has 0 spiro atoms. The van der Waals surface area contributed by atoms with Crippen molar-refractivity contribution in [1.82, 2.24) is 15.1 Å². The third-order valence-electron chi connectivity index (χ3n) is 4.66. The molecule has 0 radical (unpaired) electrons. The summed E-state index contributed by atoms with van der Waals surface area (Å²) in [5, 5.41) is 22.6. The molecule has 8 nitrogen and oxygen atoms in total. The second kappa shape index (κ2) is 7.12. The van der Waals surface area contributed by atoms with Gasteiger partial charge >= 0.3 is 5.97 Å². The molecule has 0 bridgehead atoms.